The minimum atomic E-state index is -0.473. The number of anilines is 1. The predicted octanol–water partition coefficient (Wildman–Crippen LogP) is 4.00. The Bertz CT molecular complexity index is 1130. The van der Waals surface area contributed by atoms with Gasteiger partial charge in [-0.2, -0.15) is 0 Å². The number of ether oxygens (including phenoxy) is 1. The molecule has 0 saturated carbocycles. The number of carbonyl (C=O) groups is 1. The third kappa shape index (κ3) is 3.43. The molecule has 4 rings (SSSR count). The summed E-state index contributed by atoms with van der Waals surface area (Å²) in [6, 6.07) is 3.19. The molecular weight excluding hydrogens is 411 g/mol. The number of benzene rings is 1. The number of hydrogen-bond donors (Lipinski definition) is 1. The van der Waals surface area contributed by atoms with Gasteiger partial charge in [-0.3, -0.25) is 0 Å². The van der Waals surface area contributed by atoms with E-state index in [1.165, 1.54) is 19.4 Å². The van der Waals surface area contributed by atoms with Gasteiger partial charge in [0.15, 0.2) is 5.82 Å². The van der Waals surface area contributed by atoms with Crippen molar-refractivity contribution in [1.82, 2.24) is 24.4 Å². The van der Waals surface area contributed by atoms with Gasteiger partial charge < -0.3 is 19.9 Å². The number of nitrogens with zero attached hydrogens (tertiary/aromatic N) is 5. The summed E-state index contributed by atoms with van der Waals surface area (Å²) in [6.45, 7) is 5.07. The van der Waals surface area contributed by atoms with Crippen molar-refractivity contribution in [3.05, 3.63) is 35.0 Å². The van der Waals surface area contributed by atoms with Gasteiger partial charge in [0, 0.05) is 30.6 Å². The summed E-state index contributed by atoms with van der Waals surface area (Å²) in [5, 5.41) is 0.281. The van der Waals surface area contributed by atoms with Gasteiger partial charge >= 0.3 is 6.09 Å². The molecule has 1 atom stereocenters. The first-order chi connectivity index (χ1) is 14.3. The molecule has 0 bridgehead atoms. The molecule has 1 amide bonds. The van der Waals surface area contributed by atoms with Gasteiger partial charge in [0.25, 0.3) is 0 Å². The third-order valence-electron chi connectivity index (χ3n) is 5.31. The molecule has 1 aliphatic heterocycles. The summed E-state index contributed by atoms with van der Waals surface area (Å²) in [6.07, 6.45) is 1.76. The van der Waals surface area contributed by atoms with E-state index in [9.17, 15) is 4.79 Å². The number of nitrogens with two attached hydrogens (primary N) is 1. The van der Waals surface area contributed by atoms with Crippen molar-refractivity contribution in [2.75, 3.05) is 25.9 Å². The Labute approximate surface area is 177 Å². The third-order valence-corrected chi connectivity index (χ3v) is 5.59. The molecule has 3 aromatic rings. The van der Waals surface area contributed by atoms with Crippen molar-refractivity contribution in [1.29, 1.82) is 0 Å². The zero-order valence-electron chi connectivity index (χ0n) is 16.9. The smallest absolute Gasteiger partial charge is 0.409 e. The van der Waals surface area contributed by atoms with Gasteiger partial charge in [0.1, 0.15) is 11.3 Å². The van der Waals surface area contributed by atoms with Crippen molar-refractivity contribution < 1.29 is 13.9 Å². The highest BCUT2D eigenvalue weighted by Gasteiger charge is 2.32. The van der Waals surface area contributed by atoms with Crippen LogP contribution in [0.15, 0.2) is 18.3 Å². The van der Waals surface area contributed by atoms with E-state index < -0.39 is 5.82 Å². The van der Waals surface area contributed by atoms with Gasteiger partial charge in [0.2, 0.25) is 5.95 Å². The van der Waals surface area contributed by atoms with Crippen molar-refractivity contribution in [2.24, 2.45) is 0 Å². The summed E-state index contributed by atoms with van der Waals surface area (Å²) >= 11 is 6.23. The number of fused-ring (bicyclic) bond motifs is 1. The molecule has 30 heavy (non-hydrogen) atoms. The molecule has 1 saturated heterocycles. The monoisotopic (exact) mass is 432 g/mol. The summed E-state index contributed by atoms with van der Waals surface area (Å²) in [5.41, 5.74) is 7.47. The molecule has 1 aromatic carbocycles. The maximum atomic E-state index is 15.1. The number of nitrogen functional groups attached to an aromatic ring is 1. The van der Waals surface area contributed by atoms with Crippen molar-refractivity contribution in [2.45, 2.75) is 32.2 Å². The van der Waals surface area contributed by atoms with E-state index >= 15 is 4.39 Å². The molecule has 0 radical (unpaired) electrons. The molecule has 158 valence electrons. The summed E-state index contributed by atoms with van der Waals surface area (Å²) in [4.78, 5) is 26.2. The molecule has 0 spiro atoms. The average molecular weight is 433 g/mol. The molecule has 3 heterocycles. The largest absolute Gasteiger partial charge is 0.453 e. The van der Waals surface area contributed by atoms with Gasteiger partial charge in [-0.05, 0) is 32.4 Å². The Balaban J connectivity index is 1.84. The van der Waals surface area contributed by atoms with E-state index in [1.54, 1.807) is 4.90 Å². The fraction of sp³-hybridized carbons (Fsp3) is 0.400. The van der Waals surface area contributed by atoms with Gasteiger partial charge in [-0.25, -0.2) is 24.1 Å². The number of imidazole rings is 1. The summed E-state index contributed by atoms with van der Waals surface area (Å²) < 4.78 is 21.9. The Morgan fingerprint density at radius 2 is 2.13 bits per heavy atom. The minimum absolute atomic E-state index is 0.0139. The average Bonchev–Trinajstić information content (AvgIpc) is 3.34. The molecule has 0 aliphatic carbocycles. The number of carbonyl (C=O) groups excluding carboxylic acids is 1. The van der Waals surface area contributed by atoms with Gasteiger partial charge in [0.05, 0.1) is 29.5 Å². The first-order valence-corrected chi connectivity index (χ1v) is 10.0. The Hall–Kier alpha value is -2.94. The Kier molecular flexibility index (Phi) is 5.23. The quantitative estimate of drug-likeness (QED) is 0.671. The number of amides is 1. The lowest BCUT2D eigenvalue weighted by atomic mass is 10.1. The highest BCUT2D eigenvalue weighted by molar-refractivity contribution is 6.33. The number of methoxy groups -OCH3 is 1. The maximum absolute atomic E-state index is 15.1. The lowest BCUT2D eigenvalue weighted by molar-refractivity contribution is 0.132. The second-order valence-electron chi connectivity index (χ2n) is 7.59. The number of halogens is 2. The topological polar surface area (TPSA) is 99.2 Å². The van der Waals surface area contributed by atoms with Gasteiger partial charge in [-0.1, -0.05) is 11.6 Å². The Morgan fingerprint density at radius 3 is 2.83 bits per heavy atom. The highest BCUT2D eigenvalue weighted by Crippen LogP contribution is 2.36. The first kappa shape index (κ1) is 20.3. The molecule has 0 unspecified atom stereocenters. The van der Waals surface area contributed by atoms with E-state index in [2.05, 4.69) is 15.0 Å². The number of hydrogen-bond acceptors (Lipinski definition) is 6. The second-order valence-corrected chi connectivity index (χ2v) is 7.99. The van der Waals surface area contributed by atoms with Crippen LogP contribution in [0.2, 0.25) is 5.02 Å². The van der Waals surface area contributed by atoms with Crippen LogP contribution >= 0.6 is 11.6 Å². The molecule has 1 fully saturated rings. The normalized spacial score (nSPS) is 16.6. The van der Waals surface area contributed by atoms with Crippen LogP contribution in [-0.4, -0.2) is 50.7 Å². The maximum Gasteiger partial charge on any atom is 0.409 e. The van der Waals surface area contributed by atoms with Crippen LogP contribution in [-0.2, 0) is 4.74 Å². The molecule has 10 heteroatoms. The van der Waals surface area contributed by atoms with Crippen LogP contribution in [0.25, 0.3) is 22.3 Å². The zero-order valence-corrected chi connectivity index (χ0v) is 17.6. The molecular formula is C20H22ClFN6O2. The van der Waals surface area contributed by atoms with E-state index in [4.69, 9.17) is 22.1 Å². The summed E-state index contributed by atoms with van der Waals surface area (Å²) in [7, 11) is 1.36. The van der Waals surface area contributed by atoms with Crippen LogP contribution in [0.4, 0.5) is 15.1 Å². The second kappa shape index (κ2) is 7.71. The van der Waals surface area contributed by atoms with E-state index in [0.29, 0.717) is 29.9 Å². The lowest BCUT2D eigenvalue weighted by Crippen LogP contribution is -2.28. The predicted molar refractivity (Wildman–Crippen MR) is 112 cm³/mol. The lowest BCUT2D eigenvalue weighted by Gasteiger charge is -2.18. The van der Waals surface area contributed by atoms with E-state index in [0.717, 1.165) is 12.2 Å². The van der Waals surface area contributed by atoms with Crippen LogP contribution in [0.1, 0.15) is 38.1 Å². The molecule has 1 aliphatic rings. The minimum Gasteiger partial charge on any atom is -0.453 e. The highest BCUT2D eigenvalue weighted by atomic mass is 35.5. The van der Waals surface area contributed by atoms with E-state index in [-0.39, 0.29) is 34.5 Å². The zero-order chi connectivity index (χ0) is 21.6. The molecule has 2 N–H and O–H groups in total. The van der Waals surface area contributed by atoms with Crippen molar-refractivity contribution >= 4 is 34.7 Å². The molecule has 2 aromatic heterocycles. The molecule has 8 nitrogen and oxygen atoms in total. The van der Waals surface area contributed by atoms with Crippen LogP contribution in [0, 0.1) is 5.82 Å². The fourth-order valence-electron chi connectivity index (χ4n) is 3.99. The first-order valence-electron chi connectivity index (χ1n) is 9.62. The number of rotatable bonds is 3. The fourth-order valence-corrected chi connectivity index (χ4v) is 4.19. The number of likely N-dealkylation sites (tertiary alicyclic amines) is 1. The van der Waals surface area contributed by atoms with Crippen LogP contribution in [0.3, 0.4) is 0 Å². The van der Waals surface area contributed by atoms with Crippen molar-refractivity contribution in [3.8, 4) is 11.3 Å². The van der Waals surface area contributed by atoms with Gasteiger partial charge in [-0.15, -0.1) is 0 Å². The van der Waals surface area contributed by atoms with E-state index in [1.807, 2.05) is 24.5 Å². The van der Waals surface area contributed by atoms with Crippen LogP contribution < -0.4 is 5.73 Å². The van der Waals surface area contributed by atoms with Crippen molar-refractivity contribution in [3.63, 3.8) is 0 Å². The SMILES string of the molecule is COC(=O)N1CC[C@@H](c2nc3c(F)cc(-c4nc(N)ncc4Cl)cc3n2C(C)C)C1. The number of aromatic nitrogens is 4. The Morgan fingerprint density at radius 1 is 1.37 bits per heavy atom. The van der Waals surface area contributed by atoms with Crippen LogP contribution in [0.5, 0.6) is 0 Å². The summed E-state index contributed by atoms with van der Waals surface area (Å²) in [5.74, 6) is 0.317. The standard InChI is InChI=1S/C20H22ClFN6O2/c1-10(2)28-15-7-12(16-13(21)8-24-19(23)26-16)6-14(22)17(15)25-18(28)11-4-5-27(9-11)20(29)30-3/h6-8,10-11H,4-5,9H2,1-3H3,(H2,23,24,26)/t11-/m1/s1.